The second-order valence-corrected chi connectivity index (χ2v) is 7.00. The van der Waals surface area contributed by atoms with E-state index in [1.165, 1.54) is 0 Å². The predicted octanol–water partition coefficient (Wildman–Crippen LogP) is 1.92. The molecule has 0 radical (unpaired) electrons. The molecule has 2 aliphatic rings. The molecule has 2 heterocycles. The third-order valence-electron chi connectivity index (χ3n) is 3.21. The van der Waals surface area contributed by atoms with Gasteiger partial charge in [-0.2, -0.15) is 0 Å². The maximum absolute atomic E-state index is 12.4. The molecule has 0 bridgehead atoms. The van der Waals surface area contributed by atoms with Crippen LogP contribution < -0.4 is 0 Å². The van der Waals surface area contributed by atoms with Gasteiger partial charge in [-0.1, -0.05) is 0 Å². The molecule has 0 saturated carbocycles. The predicted molar refractivity (Wildman–Crippen MR) is 75.0 cm³/mol. The molecule has 0 N–H and O–H groups in total. The van der Waals surface area contributed by atoms with E-state index in [0.29, 0.717) is 11.6 Å². The molecule has 2 saturated heterocycles. The van der Waals surface area contributed by atoms with Crippen molar-refractivity contribution < 1.29 is 14.3 Å². The molecule has 1 atom stereocenters. The first kappa shape index (κ1) is 14.5. The minimum atomic E-state index is -0.522. The highest BCUT2D eigenvalue weighted by Crippen LogP contribution is 2.25. The summed E-state index contributed by atoms with van der Waals surface area (Å²) in [5.74, 6) is 1.29. The Bertz CT molecular complexity index is 361. The maximum Gasteiger partial charge on any atom is 0.411 e. The van der Waals surface area contributed by atoms with Gasteiger partial charge in [0.1, 0.15) is 11.6 Å². The first-order chi connectivity index (χ1) is 8.88. The number of thioether (sulfide) groups is 1. The van der Waals surface area contributed by atoms with E-state index in [2.05, 4.69) is 0 Å². The molecule has 0 spiro atoms. The SMILES string of the molecule is CC(C)(C)OC(=O)N1CSCC1C(=O)N1CCCC1. The van der Waals surface area contributed by atoms with Gasteiger partial charge in [0, 0.05) is 18.8 Å². The fraction of sp³-hybridized carbons (Fsp3) is 0.846. The van der Waals surface area contributed by atoms with Crippen molar-refractivity contribution in [2.24, 2.45) is 0 Å². The van der Waals surface area contributed by atoms with Crippen LogP contribution in [0.3, 0.4) is 0 Å². The number of hydrogen-bond acceptors (Lipinski definition) is 4. The molecule has 6 heteroatoms. The number of carbonyl (C=O) groups excluding carboxylic acids is 2. The van der Waals surface area contributed by atoms with Gasteiger partial charge in [-0.3, -0.25) is 9.69 Å². The van der Waals surface area contributed by atoms with Crippen molar-refractivity contribution in [2.75, 3.05) is 24.7 Å². The lowest BCUT2D eigenvalue weighted by atomic mass is 10.2. The van der Waals surface area contributed by atoms with Crippen LogP contribution in [0.15, 0.2) is 0 Å². The topological polar surface area (TPSA) is 49.9 Å². The summed E-state index contributed by atoms with van der Waals surface area (Å²) in [7, 11) is 0. The molecular formula is C13H22N2O3S. The van der Waals surface area contributed by atoms with Crippen molar-refractivity contribution in [2.45, 2.75) is 45.3 Å². The van der Waals surface area contributed by atoms with E-state index in [0.717, 1.165) is 25.9 Å². The van der Waals surface area contributed by atoms with E-state index < -0.39 is 5.60 Å². The lowest BCUT2D eigenvalue weighted by Crippen LogP contribution is -2.49. The molecule has 2 amide bonds. The molecule has 19 heavy (non-hydrogen) atoms. The molecule has 0 aromatic rings. The normalized spacial score (nSPS) is 23.8. The number of ether oxygens (including phenoxy) is 1. The first-order valence-electron chi connectivity index (χ1n) is 6.74. The van der Waals surface area contributed by atoms with Crippen LogP contribution >= 0.6 is 11.8 Å². The fourth-order valence-corrected chi connectivity index (χ4v) is 3.43. The highest BCUT2D eigenvalue weighted by atomic mass is 32.2. The summed E-state index contributed by atoms with van der Waals surface area (Å²) < 4.78 is 5.37. The number of amides is 2. The summed E-state index contributed by atoms with van der Waals surface area (Å²) in [6.45, 7) is 7.16. The van der Waals surface area contributed by atoms with Gasteiger partial charge in [0.2, 0.25) is 5.91 Å². The highest BCUT2D eigenvalue weighted by Gasteiger charge is 2.39. The van der Waals surface area contributed by atoms with Crippen LogP contribution in [-0.4, -0.2) is 58.2 Å². The van der Waals surface area contributed by atoms with Crippen molar-refractivity contribution in [3.63, 3.8) is 0 Å². The second-order valence-electron chi connectivity index (χ2n) is 6.00. The van der Waals surface area contributed by atoms with Gasteiger partial charge in [0.15, 0.2) is 0 Å². The van der Waals surface area contributed by atoms with Crippen LogP contribution in [0.4, 0.5) is 4.79 Å². The summed E-state index contributed by atoms with van der Waals surface area (Å²) in [4.78, 5) is 27.9. The Morgan fingerprint density at radius 2 is 1.84 bits per heavy atom. The maximum atomic E-state index is 12.4. The third-order valence-corrected chi connectivity index (χ3v) is 4.23. The van der Waals surface area contributed by atoms with Crippen molar-refractivity contribution in [3.8, 4) is 0 Å². The minimum absolute atomic E-state index is 0.0772. The van der Waals surface area contributed by atoms with E-state index in [4.69, 9.17) is 4.74 Å². The Morgan fingerprint density at radius 3 is 2.42 bits per heavy atom. The Balaban J connectivity index is 2.00. The number of carbonyl (C=O) groups is 2. The standard InChI is InChI=1S/C13H22N2O3S/c1-13(2,3)18-12(17)15-9-19-8-10(15)11(16)14-6-4-5-7-14/h10H,4-9H2,1-3H3. The van der Waals surface area contributed by atoms with E-state index in [-0.39, 0.29) is 18.0 Å². The fourth-order valence-electron chi connectivity index (χ4n) is 2.30. The second kappa shape index (κ2) is 5.61. The van der Waals surface area contributed by atoms with Gasteiger partial charge >= 0.3 is 6.09 Å². The number of likely N-dealkylation sites (tertiary alicyclic amines) is 1. The zero-order valence-electron chi connectivity index (χ0n) is 11.8. The van der Waals surface area contributed by atoms with Crippen molar-refractivity contribution in [3.05, 3.63) is 0 Å². The molecule has 2 fully saturated rings. The molecule has 2 rings (SSSR count). The van der Waals surface area contributed by atoms with E-state index in [1.807, 2.05) is 25.7 Å². The Labute approximate surface area is 118 Å². The van der Waals surface area contributed by atoms with Crippen LogP contribution in [0.5, 0.6) is 0 Å². The summed E-state index contributed by atoms with van der Waals surface area (Å²) in [6, 6.07) is -0.349. The molecule has 1 unspecified atom stereocenters. The van der Waals surface area contributed by atoms with Crippen LogP contribution in [-0.2, 0) is 9.53 Å². The largest absolute Gasteiger partial charge is 0.444 e. The highest BCUT2D eigenvalue weighted by molar-refractivity contribution is 7.99. The van der Waals surface area contributed by atoms with Crippen molar-refractivity contribution in [1.82, 2.24) is 9.80 Å². The molecule has 0 aromatic carbocycles. The van der Waals surface area contributed by atoms with Gasteiger partial charge in [-0.05, 0) is 33.6 Å². The van der Waals surface area contributed by atoms with Crippen LogP contribution in [0.2, 0.25) is 0 Å². The Hall–Kier alpha value is -0.910. The van der Waals surface area contributed by atoms with Gasteiger partial charge in [-0.25, -0.2) is 4.79 Å². The van der Waals surface area contributed by atoms with Gasteiger partial charge in [0.05, 0.1) is 5.88 Å². The van der Waals surface area contributed by atoms with Gasteiger partial charge in [-0.15, -0.1) is 11.8 Å². The lowest BCUT2D eigenvalue weighted by molar-refractivity contribution is -0.134. The zero-order valence-corrected chi connectivity index (χ0v) is 12.7. The average Bonchev–Trinajstić information content (AvgIpc) is 2.97. The monoisotopic (exact) mass is 286 g/mol. The average molecular weight is 286 g/mol. The first-order valence-corrected chi connectivity index (χ1v) is 7.90. The smallest absolute Gasteiger partial charge is 0.411 e. The van der Waals surface area contributed by atoms with Crippen molar-refractivity contribution in [1.29, 1.82) is 0 Å². The molecule has 5 nitrogen and oxygen atoms in total. The van der Waals surface area contributed by atoms with Crippen molar-refractivity contribution >= 4 is 23.8 Å². The number of hydrogen-bond donors (Lipinski definition) is 0. The van der Waals surface area contributed by atoms with Gasteiger partial charge in [0.25, 0.3) is 0 Å². The van der Waals surface area contributed by atoms with Crippen LogP contribution in [0, 0.1) is 0 Å². The number of rotatable bonds is 1. The zero-order chi connectivity index (χ0) is 14.0. The Morgan fingerprint density at radius 1 is 1.21 bits per heavy atom. The summed E-state index contributed by atoms with van der Waals surface area (Å²) in [6.07, 6.45) is 1.76. The third kappa shape index (κ3) is 3.55. The Kier molecular flexibility index (Phi) is 4.28. The molecule has 2 aliphatic heterocycles. The summed E-state index contributed by atoms with van der Waals surface area (Å²) in [5.41, 5.74) is -0.522. The number of nitrogens with zero attached hydrogens (tertiary/aromatic N) is 2. The van der Waals surface area contributed by atoms with Gasteiger partial charge < -0.3 is 9.64 Å². The molecule has 0 aromatic heterocycles. The summed E-state index contributed by atoms with van der Waals surface area (Å²) in [5, 5.41) is 0. The van der Waals surface area contributed by atoms with E-state index >= 15 is 0 Å². The molecule has 108 valence electrons. The van der Waals surface area contributed by atoms with E-state index in [9.17, 15) is 9.59 Å². The lowest BCUT2D eigenvalue weighted by Gasteiger charge is -2.29. The molecular weight excluding hydrogens is 264 g/mol. The van der Waals surface area contributed by atoms with E-state index in [1.54, 1.807) is 16.7 Å². The van der Waals surface area contributed by atoms with Crippen LogP contribution in [0.1, 0.15) is 33.6 Å². The molecule has 0 aliphatic carbocycles. The summed E-state index contributed by atoms with van der Waals surface area (Å²) >= 11 is 1.61. The quantitative estimate of drug-likeness (QED) is 0.739. The minimum Gasteiger partial charge on any atom is -0.444 e. The van der Waals surface area contributed by atoms with Crippen LogP contribution in [0.25, 0.3) is 0 Å².